The molecule has 0 fully saturated rings. The quantitative estimate of drug-likeness (QED) is 0.145. The number of para-hydroxylation sites is 2. The van der Waals surface area contributed by atoms with E-state index in [0.29, 0.717) is 23.7 Å². The van der Waals surface area contributed by atoms with Crippen molar-refractivity contribution in [3.63, 3.8) is 0 Å². The fraction of sp³-hybridized carbons (Fsp3) is 0.316. The van der Waals surface area contributed by atoms with Gasteiger partial charge in [-0.3, -0.25) is 0 Å². The van der Waals surface area contributed by atoms with Crippen molar-refractivity contribution in [1.82, 2.24) is 0 Å². The van der Waals surface area contributed by atoms with Gasteiger partial charge >= 0.3 is 6.70 Å². The van der Waals surface area contributed by atoms with Crippen molar-refractivity contribution in [2.45, 2.75) is 79.1 Å². The van der Waals surface area contributed by atoms with Crippen LogP contribution >= 0.6 is 7.80 Å². The Labute approximate surface area is 256 Å². The molecule has 0 aliphatic carbocycles. The summed E-state index contributed by atoms with van der Waals surface area (Å²) in [6, 6.07) is 36.3. The Bertz CT molecular complexity index is 1350. The van der Waals surface area contributed by atoms with Gasteiger partial charge in [0.05, 0.1) is 0 Å². The van der Waals surface area contributed by atoms with Gasteiger partial charge in [0, 0.05) is 23.8 Å². The second kappa shape index (κ2) is 12.9. The molecule has 0 aromatic heterocycles. The van der Waals surface area contributed by atoms with E-state index in [4.69, 9.17) is 0 Å². The summed E-state index contributed by atoms with van der Waals surface area (Å²) in [5.74, 6) is 1.65. The van der Waals surface area contributed by atoms with Gasteiger partial charge in [-0.1, -0.05) is 152 Å². The molecule has 0 radical (unpaired) electrons. The standard InChI is InChI=1S/C38H46BN2P/c1-27(2)33-21-15-22-34(28(3)4)37(33)40-25-26-41(38-35(29(5)6)23-16-24-36(38)30(7)8)39(40)42(31-17-11-9-12-18-31)32-19-13-10-14-20-32/h9-30H,1-8H3. The third kappa shape index (κ3) is 5.82. The smallest absolute Gasteiger partial charge is 0.366 e. The average Bonchev–Trinajstić information content (AvgIpc) is 3.41. The number of hydrogen-bond acceptors (Lipinski definition) is 2. The molecule has 0 saturated carbocycles. The lowest BCUT2D eigenvalue weighted by Gasteiger charge is -2.39. The fourth-order valence-electron chi connectivity index (χ4n) is 6.27. The lowest BCUT2D eigenvalue weighted by atomic mass is 9.87. The van der Waals surface area contributed by atoms with Crippen LogP contribution in [-0.2, 0) is 0 Å². The van der Waals surface area contributed by atoms with E-state index in [1.54, 1.807) is 0 Å². The zero-order valence-electron chi connectivity index (χ0n) is 26.6. The first-order valence-electron chi connectivity index (χ1n) is 15.6. The molecule has 5 rings (SSSR count). The monoisotopic (exact) mass is 572 g/mol. The molecule has 0 amide bonds. The van der Waals surface area contributed by atoms with Crippen LogP contribution in [0.2, 0.25) is 0 Å². The van der Waals surface area contributed by atoms with E-state index in [2.05, 4.69) is 174 Å². The van der Waals surface area contributed by atoms with Crippen molar-refractivity contribution < 1.29 is 0 Å². The first-order chi connectivity index (χ1) is 20.2. The number of benzene rings is 4. The summed E-state index contributed by atoms with van der Waals surface area (Å²) in [4.78, 5) is 5.27. The van der Waals surface area contributed by atoms with Crippen LogP contribution in [0.25, 0.3) is 0 Å². The van der Waals surface area contributed by atoms with Crippen LogP contribution in [-0.4, -0.2) is 6.70 Å². The highest BCUT2D eigenvalue weighted by Crippen LogP contribution is 2.50. The topological polar surface area (TPSA) is 6.48 Å². The highest BCUT2D eigenvalue weighted by Gasteiger charge is 2.45. The maximum absolute atomic E-state index is 2.64. The van der Waals surface area contributed by atoms with E-state index in [1.165, 1.54) is 44.2 Å². The van der Waals surface area contributed by atoms with Crippen LogP contribution in [0.15, 0.2) is 109 Å². The van der Waals surface area contributed by atoms with Gasteiger partial charge in [0.15, 0.2) is 0 Å². The highest BCUT2D eigenvalue weighted by atomic mass is 31.1. The molecule has 0 saturated heterocycles. The molecular formula is C38H46BN2P. The fourth-order valence-corrected chi connectivity index (χ4v) is 8.97. The molecule has 4 aromatic carbocycles. The lowest BCUT2D eigenvalue weighted by Crippen LogP contribution is -2.48. The molecule has 0 N–H and O–H groups in total. The third-order valence-electron chi connectivity index (χ3n) is 8.39. The minimum Gasteiger partial charge on any atom is -0.366 e. The second-order valence-corrected chi connectivity index (χ2v) is 14.9. The van der Waals surface area contributed by atoms with Gasteiger partial charge in [-0.25, -0.2) is 0 Å². The molecular weight excluding hydrogens is 526 g/mol. The molecule has 0 atom stereocenters. The predicted molar refractivity (Wildman–Crippen MR) is 188 cm³/mol. The van der Waals surface area contributed by atoms with Crippen molar-refractivity contribution in [2.75, 3.05) is 9.62 Å². The second-order valence-electron chi connectivity index (χ2n) is 12.7. The SMILES string of the molecule is CC(C)c1cccc(C(C)C)c1N1C=CN(c2c(C(C)C)cccc2C(C)C)B1P(c1ccccc1)c1ccccc1. The molecule has 4 heteroatoms. The summed E-state index contributed by atoms with van der Waals surface area (Å²) >= 11 is 0. The Morgan fingerprint density at radius 1 is 0.429 bits per heavy atom. The van der Waals surface area contributed by atoms with Crippen molar-refractivity contribution in [3.8, 4) is 0 Å². The molecule has 0 bridgehead atoms. The van der Waals surface area contributed by atoms with Crippen molar-refractivity contribution in [1.29, 1.82) is 0 Å². The van der Waals surface area contributed by atoms with Crippen molar-refractivity contribution in [2.24, 2.45) is 0 Å². The minimum absolute atomic E-state index is 0.0830. The molecule has 4 aromatic rings. The van der Waals surface area contributed by atoms with E-state index >= 15 is 0 Å². The van der Waals surface area contributed by atoms with E-state index in [0.717, 1.165) is 0 Å². The average molecular weight is 573 g/mol. The molecule has 42 heavy (non-hydrogen) atoms. The van der Waals surface area contributed by atoms with Crippen LogP contribution in [0.5, 0.6) is 0 Å². The van der Waals surface area contributed by atoms with Gasteiger partial charge in [0.2, 0.25) is 0 Å². The van der Waals surface area contributed by atoms with Gasteiger partial charge in [-0.15, -0.1) is 0 Å². The Morgan fingerprint density at radius 3 is 1.02 bits per heavy atom. The van der Waals surface area contributed by atoms with Gasteiger partial charge in [-0.2, -0.15) is 0 Å². The summed E-state index contributed by atoms with van der Waals surface area (Å²) in [5, 5.41) is 2.78. The first kappa shape index (κ1) is 30.2. The van der Waals surface area contributed by atoms with E-state index in [-0.39, 0.29) is 6.70 Å². The number of nitrogens with zero attached hydrogens (tertiary/aromatic N) is 2. The van der Waals surface area contributed by atoms with Crippen LogP contribution in [0.4, 0.5) is 11.4 Å². The van der Waals surface area contributed by atoms with Crippen LogP contribution in [0.3, 0.4) is 0 Å². The zero-order chi connectivity index (χ0) is 30.0. The maximum atomic E-state index is 2.64. The number of rotatable bonds is 9. The summed E-state index contributed by atoms with van der Waals surface area (Å²) in [5.41, 5.74) is 8.40. The molecule has 1 aliphatic rings. The minimum atomic E-state index is -0.815. The lowest BCUT2D eigenvalue weighted by molar-refractivity contribution is 0.832. The van der Waals surface area contributed by atoms with Gasteiger partial charge in [0.1, 0.15) is 0 Å². The van der Waals surface area contributed by atoms with Crippen LogP contribution < -0.4 is 20.2 Å². The van der Waals surface area contributed by atoms with Crippen LogP contribution in [0.1, 0.15) is 101 Å². The normalized spacial score (nSPS) is 13.6. The maximum Gasteiger partial charge on any atom is 0.422 e. The molecule has 0 unspecified atom stereocenters. The first-order valence-corrected chi connectivity index (χ1v) is 17.0. The van der Waals surface area contributed by atoms with E-state index in [1.807, 2.05) is 0 Å². The molecule has 1 heterocycles. The number of anilines is 2. The Hall–Kier alpha value is -3.29. The van der Waals surface area contributed by atoms with Gasteiger partial charge in [0.25, 0.3) is 0 Å². The highest BCUT2D eigenvalue weighted by molar-refractivity contribution is 8.01. The summed E-state index contributed by atoms with van der Waals surface area (Å²) in [6.07, 6.45) is 4.75. The Balaban J connectivity index is 1.84. The summed E-state index contributed by atoms with van der Waals surface area (Å²) in [6.45, 7) is 18.7. The molecule has 0 spiro atoms. The molecule has 1 aliphatic heterocycles. The van der Waals surface area contributed by atoms with Crippen molar-refractivity contribution in [3.05, 3.63) is 132 Å². The molecule has 2 nitrogen and oxygen atoms in total. The third-order valence-corrected chi connectivity index (χ3v) is 11.1. The van der Waals surface area contributed by atoms with Crippen molar-refractivity contribution >= 4 is 36.5 Å². The summed E-state index contributed by atoms with van der Waals surface area (Å²) in [7, 11) is -0.815. The zero-order valence-corrected chi connectivity index (χ0v) is 27.5. The van der Waals surface area contributed by atoms with Gasteiger partial charge in [-0.05, 0) is 64.3 Å². The van der Waals surface area contributed by atoms with Crippen LogP contribution in [0, 0.1) is 0 Å². The van der Waals surface area contributed by atoms with E-state index in [9.17, 15) is 0 Å². The van der Waals surface area contributed by atoms with E-state index < -0.39 is 7.80 Å². The predicted octanol–water partition coefficient (Wildman–Crippen LogP) is 10.1. The van der Waals surface area contributed by atoms with Gasteiger partial charge < -0.3 is 9.62 Å². The largest absolute Gasteiger partial charge is 0.422 e. The summed E-state index contributed by atoms with van der Waals surface area (Å²) < 4.78 is 0. The Kier molecular flexibility index (Phi) is 9.29. The Morgan fingerprint density at radius 2 is 0.738 bits per heavy atom. The molecule has 216 valence electrons. The number of hydrogen-bond donors (Lipinski definition) is 0.